The summed E-state index contributed by atoms with van der Waals surface area (Å²) in [5, 5.41) is 9.37. The second kappa shape index (κ2) is 8.73. The number of aromatic nitrogens is 3. The quantitative estimate of drug-likeness (QED) is 0.420. The second-order valence-electron chi connectivity index (χ2n) is 5.68. The normalized spacial score (nSPS) is 10.6. The first-order chi connectivity index (χ1) is 13.2. The number of hydrogen-bond acceptors (Lipinski definition) is 5. The summed E-state index contributed by atoms with van der Waals surface area (Å²) in [5.74, 6) is 2.39. The zero-order valence-corrected chi connectivity index (χ0v) is 16.0. The smallest absolute Gasteiger partial charge is 0.192 e. The molecule has 3 aromatic rings. The summed E-state index contributed by atoms with van der Waals surface area (Å²) in [4.78, 5) is 0. The summed E-state index contributed by atoms with van der Waals surface area (Å²) in [6.07, 6.45) is 1.79. The van der Waals surface area contributed by atoms with Crippen molar-refractivity contribution in [1.82, 2.24) is 14.8 Å². The molecule has 2 aromatic carbocycles. The monoisotopic (exact) mass is 385 g/mol. The minimum atomic E-state index is -0.294. The van der Waals surface area contributed by atoms with Crippen molar-refractivity contribution in [2.75, 3.05) is 14.2 Å². The number of thioether (sulfide) groups is 1. The van der Waals surface area contributed by atoms with Gasteiger partial charge in [0.2, 0.25) is 0 Å². The van der Waals surface area contributed by atoms with E-state index in [1.54, 1.807) is 26.4 Å². The van der Waals surface area contributed by atoms with Crippen LogP contribution in [0.4, 0.5) is 4.39 Å². The highest BCUT2D eigenvalue weighted by Crippen LogP contribution is 2.30. The minimum absolute atomic E-state index is 0.294. The van der Waals surface area contributed by atoms with Gasteiger partial charge in [0.15, 0.2) is 11.0 Å². The van der Waals surface area contributed by atoms with E-state index in [1.807, 2.05) is 28.8 Å². The Kier molecular flexibility index (Phi) is 6.13. The van der Waals surface area contributed by atoms with Crippen LogP contribution in [0, 0.1) is 5.82 Å². The van der Waals surface area contributed by atoms with E-state index in [1.165, 1.54) is 23.9 Å². The largest absolute Gasteiger partial charge is 0.497 e. The Hall–Kier alpha value is -2.80. The van der Waals surface area contributed by atoms with Crippen molar-refractivity contribution in [3.8, 4) is 22.9 Å². The Labute approximate surface area is 161 Å². The summed E-state index contributed by atoms with van der Waals surface area (Å²) in [6, 6.07) is 12.1. The SMILES string of the molecule is C=CCn1c(SCc2cc(F)ccc2OC)nnc1-c1ccc(OC)cc1. The fraction of sp³-hybridized carbons (Fsp3) is 0.200. The Morgan fingerprint density at radius 2 is 1.89 bits per heavy atom. The molecule has 0 N–H and O–H groups in total. The zero-order valence-electron chi connectivity index (χ0n) is 15.2. The molecule has 0 aliphatic rings. The second-order valence-corrected chi connectivity index (χ2v) is 6.62. The molecule has 0 bridgehead atoms. The van der Waals surface area contributed by atoms with E-state index < -0.39 is 0 Å². The van der Waals surface area contributed by atoms with E-state index in [9.17, 15) is 4.39 Å². The number of rotatable bonds is 8. The first-order valence-corrected chi connectivity index (χ1v) is 9.28. The van der Waals surface area contributed by atoms with E-state index in [0.717, 1.165) is 27.9 Å². The maximum absolute atomic E-state index is 13.6. The van der Waals surface area contributed by atoms with E-state index >= 15 is 0 Å². The molecule has 1 aromatic heterocycles. The standard InChI is InChI=1S/C20H20FN3O2S/c1-4-11-24-19(14-5-8-17(25-2)9-6-14)22-23-20(24)27-13-15-12-16(21)7-10-18(15)26-3/h4-10,12H,1,11,13H2,2-3H3. The summed E-state index contributed by atoms with van der Waals surface area (Å²) in [6.45, 7) is 4.39. The number of ether oxygens (including phenoxy) is 2. The average molecular weight is 385 g/mol. The van der Waals surface area contributed by atoms with Crippen LogP contribution in [0.2, 0.25) is 0 Å². The lowest BCUT2D eigenvalue weighted by atomic mass is 10.2. The first kappa shape index (κ1) is 19.0. The van der Waals surface area contributed by atoms with E-state index in [4.69, 9.17) is 9.47 Å². The van der Waals surface area contributed by atoms with Crippen LogP contribution < -0.4 is 9.47 Å². The van der Waals surface area contributed by atoms with Crippen molar-refractivity contribution in [1.29, 1.82) is 0 Å². The number of nitrogens with zero attached hydrogens (tertiary/aromatic N) is 3. The fourth-order valence-electron chi connectivity index (χ4n) is 2.65. The summed E-state index contributed by atoms with van der Waals surface area (Å²) in [5.41, 5.74) is 1.70. The van der Waals surface area contributed by atoms with Crippen LogP contribution in [0.25, 0.3) is 11.4 Å². The summed E-state index contributed by atoms with van der Waals surface area (Å²) >= 11 is 1.47. The maximum atomic E-state index is 13.6. The van der Waals surface area contributed by atoms with Crippen LogP contribution in [-0.2, 0) is 12.3 Å². The first-order valence-electron chi connectivity index (χ1n) is 8.30. The lowest BCUT2D eigenvalue weighted by Crippen LogP contribution is -2.01. The number of methoxy groups -OCH3 is 2. The van der Waals surface area contributed by atoms with Crippen molar-refractivity contribution in [3.05, 3.63) is 66.5 Å². The lowest BCUT2D eigenvalue weighted by Gasteiger charge is -2.10. The predicted molar refractivity (Wildman–Crippen MR) is 105 cm³/mol. The van der Waals surface area contributed by atoms with Gasteiger partial charge in [0.25, 0.3) is 0 Å². The minimum Gasteiger partial charge on any atom is -0.497 e. The van der Waals surface area contributed by atoms with Gasteiger partial charge in [-0.15, -0.1) is 16.8 Å². The summed E-state index contributed by atoms with van der Waals surface area (Å²) < 4.78 is 26.1. The number of halogens is 1. The van der Waals surface area contributed by atoms with Crippen LogP contribution in [0.5, 0.6) is 11.5 Å². The van der Waals surface area contributed by atoms with Crippen molar-refractivity contribution in [2.45, 2.75) is 17.5 Å². The Balaban J connectivity index is 1.87. The molecule has 27 heavy (non-hydrogen) atoms. The fourth-order valence-corrected chi connectivity index (χ4v) is 3.57. The molecule has 140 valence electrons. The van der Waals surface area contributed by atoms with Crippen LogP contribution in [0.3, 0.4) is 0 Å². The van der Waals surface area contributed by atoms with Gasteiger partial charge in [0, 0.05) is 23.4 Å². The molecule has 0 fully saturated rings. The van der Waals surface area contributed by atoms with Gasteiger partial charge in [-0.1, -0.05) is 17.8 Å². The van der Waals surface area contributed by atoms with Crippen LogP contribution in [-0.4, -0.2) is 29.0 Å². The van der Waals surface area contributed by atoms with Gasteiger partial charge in [-0.3, -0.25) is 4.57 Å². The van der Waals surface area contributed by atoms with Crippen molar-refractivity contribution < 1.29 is 13.9 Å². The van der Waals surface area contributed by atoms with E-state index in [2.05, 4.69) is 16.8 Å². The highest BCUT2D eigenvalue weighted by atomic mass is 32.2. The van der Waals surface area contributed by atoms with Gasteiger partial charge >= 0.3 is 0 Å². The van der Waals surface area contributed by atoms with Crippen LogP contribution in [0.1, 0.15) is 5.56 Å². The molecule has 0 atom stereocenters. The van der Waals surface area contributed by atoms with Crippen LogP contribution >= 0.6 is 11.8 Å². The molecule has 0 aliphatic carbocycles. The zero-order chi connectivity index (χ0) is 19.2. The Bertz CT molecular complexity index is 925. The molecule has 3 rings (SSSR count). The number of hydrogen-bond donors (Lipinski definition) is 0. The highest BCUT2D eigenvalue weighted by molar-refractivity contribution is 7.98. The molecule has 0 radical (unpaired) electrons. The van der Waals surface area contributed by atoms with Crippen molar-refractivity contribution >= 4 is 11.8 Å². The van der Waals surface area contributed by atoms with Crippen molar-refractivity contribution in [2.24, 2.45) is 0 Å². The van der Waals surface area contributed by atoms with Gasteiger partial charge in [-0.2, -0.15) is 0 Å². The van der Waals surface area contributed by atoms with Gasteiger partial charge in [0.1, 0.15) is 17.3 Å². The summed E-state index contributed by atoms with van der Waals surface area (Å²) in [7, 11) is 3.20. The molecule has 0 saturated carbocycles. The van der Waals surface area contributed by atoms with Crippen LogP contribution in [0.15, 0.2) is 60.3 Å². The molecular weight excluding hydrogens is 365 g/mol. The van der Waals surface area contributed by atoms with Gasteiger partial charge in [-0.05, 0) is 42.5 Å². The number of benzene rings is 2. The number of allylic oxidation sites excluding steroid dienone is 1. The van der Waals surface area contributed by atoms with Gasteiger partial charge in [-0.25, -0.2) is 4.39 Å². The topological polar surface area (TPSA) is 49.2 Å². The highest BCUT2D eigenvalue weighted by Gasteiger charge is 2.15. The lowest BCUT2D eigenvalue weighted by molar-refractivity contribution is 0.410. The molecule has 0 unspecified atom stereocenters. The van der Waals surface area contributed by atoms with E-state index in [-0.39, 0.29) is 5.82 Å². The predicted octanol–water partition coefficient (Wildman–Crippen LogP) is 4.58. The van der Waals surface area contributed by atoms with E-state index in [0.29, 0.717) is 18.0 Å². The molecule has 1 heterocycles. The molecule has 0 aliphatic heterocycles. The van der Waals surface area contributed by atoms with Crippen molar-refractivity contribution in [3.63, 3.8) is 0 Å². The third-order valence-electron chi connectivity index (χ3n) is 3.98. The molecule has 7 heteroatoms. The molecule has 0 spiro atoms. The van der Waals surface area contributed by atoms with Gasteiger partial charge < -0.3 is 9.47 Å². The maximum Gasteiger partial charge on any atom is 0.192 e. The Morgan fingerprint density at radius 3 is 2.56 bits per heavy atom. The molecule has 0 saturated heterocycles. The molecular formula is C20H20FN3O2S. The third kappa shape index (κ3) is 4.31. The average Bonchev–Trinajstić information content (AvgIpc) is 3.09. The van der Waals surface area contributed by atoms with Gasteiger partial charge in [0.05, 0.1) is 14.2 Å². The Morgan fingerprint density at radius 1 is 1.11 bits per heavy atom. The third-order valence-corrected chi connectivity index (χ3v) is 4.99. The molecule has 0 amide bonds. The molecule has 5 nitrogen and oxygen atoms in total.